The van der Waals surface area contributed by atoms with Crippen LogP contribution in [0.25, 0.3) is 0 Å². The Bertz CT molecular complexity index is 245. The van der Waals surface area contributed by atoms with E-state index in [-0.39, 0.29) is 0 Å². The lowest BCUT2D eigenvalue weighted by Gasteiger charge is -2.07. The van der Waals surface area contributed by atoms with E-state index >= 15 is 0 Å². The van der Waals surface area contributed by atoms with Crippen molar-refractivity contribution in [3.63, 3.8) is 0 Å². The van der Waals surface area contributed by atoms with Crippen molar-refractivity contribution in [1.29, 1.82) is 0 Å². The van der Waals surface area contributed by atoms with Gasteiger partial charge in [0.15, 0.2) is 12.2 Å². The van der Waals surface area contributed by atoms with Crippen LogP contribution in [0.2, 0.25) is 0 Å². The van der Waals surface area contributed by atoms with E-state index < -0.39 is 36.2 Å². The summed E-state index contributed by atoms with van der Waals surface area (Å²) in [6.45, 7) is 1.42. The summed E-state index contributed by atoms with van der Waals surface area (Å²) in [5.74, 6) is -4.50. The van der Waals surface area contributed by atoms with E-state index in [1.807, 2.05) is 0 Å². The van der Waals surface area contributed by atoms with Gasteiger partial charge in [0.25, 0.3) is 0 Å². The van der Waals surface area contributed by atoms with E-state index in [2.05, 4.69) is 0 Å². The molecule has 0 aliphatic heterocycles. The second-order valence-electron chi connectivity index (χ2n) is 2.69. The first-order valence-electron chi connectivity index (χ1n) is 3.91. The normalized spacial score (nSPS) is 15.0. The van der Waals surface area contributed by atoms with Crippen LogP contribution >= 0.6 is 0 Å². The summed E-state index contributed by atoms with van der Waals surface area (Å²) in [6.07, 6.45) is -4.53. The SMILES string of the molecule is CC(N)C(=O)O.O=C(O)C(O)C(O)C(=O)O. The number of nitrogens with two attached hydrogens (primary N) is 1. The highest BCUT2D eigenvalue weighted by Gasteiger charge is 2.29. The van der Waals surface area contributed by atoms with Crippen LogP contribution in [0.5, 0.6) is 0 Å². The van der Waals surface area contributed by atoms with Gasteiger partial charge in [-0.3, -0.25) is 4.79 Å². The van der Waals surface area contributed by atoms with E-state index in [0.717, 1.165) is 0 Å². The van der Waals surface area contributed by atoms with Crippen LogP contribution in [0.1, 0.15) is 6.92 Å². The first-order valence-corrected chi connectivity index (χ1v) is 3.91. The minimum atomic E-state index is -2.27. The quantitative estimate of drug-likeness (QED) is 0.304. The molecule has 16 heavy (non-hydrogen) atoms. The molecule has 0 aliphatic rings. The Hall–Kier alpha value is -1.71. The minimum Gasteiger partial charge on any atom is -0.480 e. The standard InChI is InChI=1S/C4H6O6.C3H7NO2/c5-1(3(7)8)2(6)4(9)10;1-2(4)3(5)6/h1-2,5-6H,(H,7,8)(H,9,10);2H,4H2,1H3,(H,5,6). The van der Waals surface area contributed by atoms with Gasteiger partial charge in [-0.1, -0.05) is 0 Å². The molecule has 7 N–H and O–H groups in total. The molecular formula is C7H13NO8. The number of hydrogen-bond donors (Lipinski definition) is 6. The zero-order valence-electron chi connectivity index (χ0n) is 8.27. The number of aliphatic hydroxyl groups is 2. The number of carboxylic acids is 3. The molecule has 0 heterocycles. The Labute approximate surface area is 89.7 Å². The molecule has 0 aromatic heterocycles. The third-order valence-electron chi connectivity index (χ3n) is 1.19. The molecule has 0 fully saturated rings. The predicted octanol–water partition coefficient (Wildman–Crippen LogP) is -2.70. The molecule has 3 atom stereocenters. The Morgan fingerprint density at radius 1 is 0.875 bits per heavy atom. The zero-order valence-corrected chi connectivity index (χ0v) is 8.27. The first-order chi connectivity index (χ1) is 7.11. The third kappa shape index (κ3) is 7.67. The molecule has 0 rings (SSSR count). The Kier molecular flexibility index (Phi) is 7.90. The van der Waals surface area contributed by atoms with Crippen LogP contribution in [0.15, 0.2) is 0 Å². The van der Waals surface area contributed by atoms with Crippen molar-refractivity contribution in [2.75, 3.05) is 0 Å². The first kappa shape index (κ1) is 16.7. The van der Waals surface area contributed by atoms with Gasteiger partial charge in [-0.25, -0.2) is 9.59 Å². The molecule has 0 amide bonds. The maximum Gasteiger partial charge on any atom is 0.335 e. The monoisotopic (exact) mass is 239 g/mol. The van der Waals surface area contributed by atoms with Gasteiger partial charge < -0.3 is 31.3 Å². The molecule has 0 spiro atoms. The van der Waals surface area contributed by atoms with Crippen molar-refractivity contribution < 1.29 is 39.9 Å². The summed E-state index contributed by atoms with van der Waals surface area (Å²) >= 11 is 0. The summed E-state index contributed by atoms with van der Waals surface area (Å²) in [5.41, 5.74) is 4.84. The molecule has 0 radical (unpaired) electrons. The van der Waals surface area contributed by atoms with Crippen molar-refractivity contribution in [2.45, 2.75) is 25.2 Å². The van der Waals surface area contributed by atoms with Crippen LogP contribution in [0.4, 0.5) is 0 Å². The molecule has 0 saturated carbocycles. The smallest absolute Gasteiger partial charge is 0.335 e. The van der Waals surface area contributed by atoms with Crippen LogP contribution in [-0.4, -0.2) is 61.7 Å². The third-order valence-corrected chi connectivity index (χ3v) is 1.19. The topological polar surface area (TPSA) is 178 Å². The van der Waals surface area contributed by atoms with E-state index in [9.17, 15) is 14.4 Å². The summed E-state index contributed by atoms with van der Waals surface area (Å²) in [7, 11) is 0. The average Bonchev–Trinajstić information content (AvgIpc) is 2.15. The van der Waals surface area contributed by atoms with Gasteiger partial charge in [0, 0.05) is 0 Å². The van der Waals surface area contributed by atoms with Gasteiger partial charge in [0.1, 0.15) is 6.04 Å². The molecule has 0 aromatic rings. The molecule has 9 nitrogen and oxygen atoms in total. The maximum absolute atomic E-state index is 9.77. The molecule has 0 saturated heterocycles. The average molecular weight is 239 g/mol. The number of aliphatic hydroxyl groups excluding tert-OH is 2. The fraction of sp³-hybridized carbons (Fsp3) is 0.571. The van der Waals surface area contributed by atoms with Crippen LogP contribution < -0.4 is 5.73 Å². The van der Waals surface area contributed by atoms with Gasteiger partial charge in [-0.05, 0) is 6.92 Å². The van der Waals surface area contributed by atoms with Gasteiger partial charge in [-0.15, -0.1) is 0 Å². The summed E-state index contributed by atoms with van der Waals surface area (Å²) in [5, 5.41) is 40.4. The number of carboxylic acid groups (broad SMARTS) is 3. The lowest BCUT2D eigenvalue weighted by Crippen LogP contribution is -2.39. The van der Waals surface area contributed by atoms with Gasteiger partial charge >= 0.3 is 17.9 Å². The van der Waals surface area contributed by atoms with E-state index in [1.54, 1.807) is 0 Å². The van der Waals surface area contributed by atoms with Crippen molar-refractivity contribution in [3.05, 3.63) is 0 Å². The molecule has 0 aromatic carbocycles. The maximum atomic E-state index is 9.77. The highest BCUT2D eigenvalue weighted by molar-refractivity contribution is 5.83. The molecule has 94 valence electrons. The van der Waals surface area contributed by atoms with Crippen LogP contribution in [0.3, 0.4) is 0 Å². The Balaban J connectivity index is 0. The highest BCUT2D eigenvalue weighted by atomic mass is 16.4. The zero-order chi connectivity index (χ0) is 13.5. The number of rotatable bonds is 4. The van der Waals surface area contributed by atoms with Crippen LogP contribution in [-0.2, 0) is 14.4 Å². The van der Waals surface area contributed by atoms with Crippen molar-refractivity contribution in [1.82, 2.24) is 0 Å². The summed E-state index contributed by atoms with van der Waals surface area (Å²) in [4.78, 5) is 29.1. The second-order valence-corrected chi connectivity index (χ2v) is 2.69. The molecule has 3 unspecified atom stereocenters. The van der Waals surface area contributed by atoms with Gasteiger partial charge in [0.05, 0.1) is 0 Å². The van der Waals surface area contributed by atoms with Crippen LogP contribution in [0, 0.1) is 0 Å². The van der Waals surface area contributed by atoms with E-state index in [4.69, 9.17) is 31.3 Å². The van der Waals surface area contributed by atoms with Crippen molar-refractivity contribution >= 4 is 17.9 Å². The number of carbonyl (C=O) groups is 3. The predicted molar refractivity (Wildman–Crippen MR) is 48.6 cm³/mol. The summed E-state index contributed by atoms with van der Waals surface area (Å²) in [6, 6.07) is -0.731. The molecule has 0 aliphatic carbocycles. The Morgan fingerprint density at radius 3 is 1.12 bits per heavy atom. The highest BCUT2D eigenvalue weighted by Crippen LogP contribution is 1.92. The van der Waals surface area contributed by atoms with Crippen molar-refractivity contribution in [2.24, 2.45) is 5.73 Å². The number of aliphatic carboxylic acids is 3. The molecular weight excluding hydrogens is 226 g/mol. The van der Waals surface area contributed by atoms with E-state index in [1.165, 1.54) is 6.92 Å². The molecule has 0 bridgehead atoms. The van der Waals surface area contributed by atoms with Gasteiger partial charge in [-0.2, -0.15) is 0 Å². The molecule has 9 heteroatoms. The Morgan fingerprint density at radius 2 is 1.06 bits per heavy atom. The van der Waals surface area contributed by atoms with E-state index in [0.29, 0.717) is 0 Å². The van der Waals surface area contributed by atoms with Crippen molar-refractivity contribution in [3.8, 4) is 0 Å². The van der Waals surface area contributed by atoms with Gasteiger partial charge in [0.2, 0.25) is 0 Å². The lowest BCUT2D eigenvalue weighted by atomic mass is 10.2. The minimum absolute atomic E-state index is 0.731. The summed E-state index contributed by atoms with van der Waals surface area (Å²) < 4.78 is 0. The number of hydrogen-bond acceptors (Lipinski definition) is 6. The fourth-order valence-electron chi connectivity index (χ4n) is 0.270. The second kappa shape index (κ2) is 7.56. The largest absolute Gasteiger partial charge is 0.480 e. The lowest BCUT2D eigenvalue weighted by molar-refractivity contribution is -0.165. The fourth-order valence-corrected chi connectivity index (χ4v) is 0.270.